The van der Waals surface area contributed by atoms with Crippen LogP contribution in [0.15, 0.2) is 66.7 Å². The second kappa shape index (κ2) is 8.51. The predicted octanol–water partition coefficient (Wildman–Crippen LogP) is 6.00. The van der Waals surface area contributed by atoms with Crippen LogP contribution in [-0.4, -0.2) is 22.4 Å². The molecule has 0 aliphatic rings. The average molecular weight is 421 g/mol. The third kappa shape index (κ3) is 3.84. The fourth-order valence-electron chi connectivity index (χ4n) is 3.38. The summed E-state index contributed by atoms with van der Waals surface area (Å²) >= 11 is 6.18. The Morgan fingerprint density at radius 1 is 1.00 bits per heavy atom. The Morgan fingerprint density at radius 3 is 2.53 bits per heavy atom. The molecule has 152 valence electrons. The smallest absolute Gasteiger partial charge is 0.128 e. The summed E-state index contributed by atoms with van der Waals surface area (Å²) in [5, 5.41) is 18.8. The fourth-order valence-corrected chi connectivity index (χ4v) is 3.57. The summed E-state index contributed by atoms with van der Waals surface area (Å²) in [5.41, 5.74) is 4.79. The third-order valence-electron chi connectivity index (χ3n) is 4.90. The van der Waals surface area contributed by atoms with Crippen LogP contribution < -0.4 is 9.47 Å². The highest BCUT2D eigenvalue weighted by atomic mass is 35.5. The van der Waals surface area contributed by atoms with E-state index in [9.17, 15) is 5.11 Å². The van der Waals surface area contributed by atoms with Crippen LogP contribution in [0.1, 0.15) is 11.3 Å². The number of halogens is 1. The van der Waals surface area contributed by atoms with Gasteiger partial charge in [-0.25, -0.2) is 0 Å². The number of benzene rings is 3. The number of phenolic OH excluding ortho intramolecular Hbond substituents is 1. The molecule has 0 radical (unpaired) electrons. The number of ether oxygens (including phenoxy) is 2. The molecule has 1 heterocycles. The van der Waals surface area contributed by atoms with Gasteiger partial charge in [-0.1, -0.05) is 48.0 Å². The highest BCUT2D eigenvalue weighted by molar-refractivity contribution is 6.31. The first-order valence-corrected chi connectivity index (χ1v) is 9.84. The highest BCUT2D eigenvalue weighted by Crippen LogP contribution is 2.41. The SMILES string of the molecule is COc1ccccc1-c1c(-c2ccc(OCc3ccccc3Cl)cc2O)n[nH]c1C. The van der Waals surface area contributed by atoms with E-state index in [0.717, 1.165) is 28.1 Å². The largest absolute Gasteiger partial charge is 0.507 e. The first kappa shape index (κ1) is 19.9. The number of nitrogens with one attached hydrogen (secondary N) is 1. The quantitative estimate of drug-likeness (QED) is 0.401. The van der Waals surface area contributed by atoms with Crippen LogP contribution in [0.4, 0.5) is 0 Å². The van der Waals surface area contributed by atoms with Gasteiger partial charge in [0.15, 0.2) is 0 Å². The van der Waals surface area contributed by atoms with Crippen LogP contribution in [0.25, 0.3) is 22.4 Å². The number of H-pyrrole nitrogens is 1. The molecule has 0 unspecified atom stereocenters. The van der Waals surface area contributed by atoms with Gasteiger partial charge in [0.2, 0.25) is 0 Å². The van der Waals surface area contributed by atoms with Gasteiger partial charge in [0.25, 0.3) is 0 Å². The molecule has 6 heteroatoms. The molecule has 0 atom stereocenters. The molecule has 0 aliphatic carbocycles. The molecule has 4 aromatic rings. The van der Waals surface area contributed by atoms with Gasteiger partial charge in [-0.3, -0.25) is 5.10 Å². The number of phenols is 1. The van der Waals surface area contributed by atoms with Crippen LogP contribution in [0.5, 0.6) is 17.2 Å². The number of aromatic hydroxyl groups is 1. The summed E-state index contributed by atoms with van der Waals surface area (Å²) < 4.78 is 11.3. The number of hydrogen-bond donors (Lipinski definition) is 2. The van der Waals surface area contributed by atoms with E-state index in [1.165, 1.54) is 0 Å². The molecular formula is C24H21ClN2O3. The van der Waals surface area contributed by atoms with E-state index >= 15 is 0 Å². The zero-order chi connectivity index (χ0) is 21.1. The van der Waals surface area contributed by atoms with E-state index < -0.39 is 0 Å². The number of para-hydroxylation sites is 1. The number of nitrogens with zero attached hydrogens (tertiary/aromatic N) is 1. The number of rotatable bonds is 6. The van der Waals surface area contributed by atoms with Gasteiger partial charge >= 0.3 is 0 Å². The molecule has 0 saturated heterocycles. The maximum atomic E-state index is 10.7. The first-order valence-electron chi connectivity index (χ1n) is 9.46. The van der Waals surface area contributed by atoms with Crippen molar-refractivity contribution in [2.45, 2.75) is 13.5 Å². The second-order valence-corrected chi connectivity index (χ2v) is 7.24. The van der Waals surface area contributed by atoms with Crippen LogP contribution in [-0.2, 0) is 6.61 Å². The van der Waals surface area contributed by atoms with Crippen LogP contribution in [0.3, 0.4) is 0 Å². The minimum atomic E-state index is 0.0781. The lowest BCUT2D eigenvalue weighted by molar-refractivity contribution is 0.304. The molecule has 0 fully saturated rings. The van der Waals surface area contributed by atoms with E-state index in [0.29, 0.717) is 28.6 Å². The molecule has 0 bridgehead atoms. The molecule has 1 aromatic heterocycles. The number of aromatic nitrogens is 2. The van der Waals surface area contributed by atoms with Crippen molar-refractivity contribution in [3.8, 4) is 39.6 Å². The second-order valence-electron chi connectivity index (χ2n) is 6.83. The number of aryl methyl sites for hydroxylation is 1. The Bertz CT molecular complexity index is 1190. The van der Waals surface area contributed by atoms with E-state index in [2.05, 4.69) is 10.2 Å². The van der Waals surface area contributed by atoms with E-state index in [1.807, 2.05) is 61.5 Å². The lowest BCUT2D eigenvalue weighted by atomic mass is 9.98. The van der Waals surface area contributed by atoms with Crippen molar-refractivity contribution in [2.75, 3.05) is 7.11 Å². The van der Waals surface area contributed by atoms with Gasteiger partial charge in [-0.05, 0) is 31.2 Å². The van der Waals surface area contributed by atoms with Crippen LogP contribution >= 0.6 is 11.6 Å². The first-order chi connectivity index (χ1) is 14.6. The molecule has 0 amide bonds. The molecule has 0 spiro atoms. The van der Waals surface area contributed by atoms with Crippen molar-refractivity contribution in [2.24, 2.45) is 0 Å². The Morgan fingerprint density at radius 2 is 1.77 bits per heavy atom. The summed E-state index contributed by atoms with van der Waals surface area (Å²) in [5.74, 6) is 1.36. The van der Waals surface area contributed by atoms with Gasteiger partial charge in [0.1, 0.15) is 29.5 Å². The summed E-state index contributed by atoms with van der Waals surface area (Å²) in [4.78, 5) is 0. The van der Waals surface area contributed by atoms with Gasteiger partial charge < -0.3 is 14.6 Å². The monoisotopic (exact) mass is 420 g/mol. The molecule has 5 nitrogen and oxygen atoms in total. The van der Waals surface area contributed by atoms with Crippen molar-refractivity contribution < 1.29 is 14.6 Å². The van der Waals surface area contributed by atoms with Crippen molar-refractivity contribution in [3.05, 3.63) is 83.0 Å². The normalized spacial score (nSPS) is 10.8. The van der Waals surface area contributed by atoms with Crippen molar-refractivity contribution in [3.63, 3.8) is 0 Å². The zero-order valence-corrected chi connectivity index (χ0v) is 17.4. The van der Waals surface area contributed by atoms with Gasteiger partial charge in [0.05, 0.1) is 7.11 Å². The van der Waals surface area contributed by atoms with Crippen LogP contribution in [0, 0.1) is 6.92 Å². The molecule has 30 heavy (non-hydrogen) atoms. The Labute approximate surface area is 179 Å². The van der Waals surface area contributed by atoms with Crippen LogP contribution in [0.2, 0.25) is 5.02 Å². The van der Waals surface area contributed by atoms with E-state index in [1.54, 1.807) is 19.2 Å². The molecule has 0 aliphatic heterocycles. The molecule has 4 rings (SSSR count). The zero-order valence-electron chi connectivity index (χ0n) is 16.6. The maximum Gasteiger partial charge on any atom is 0.128 e. The molecular weight excluding hydrogens is 400 g/mol. The minimum absolute atomic E-state index is 0.0781. The Balaban J connectivity index is 1.65. The molecule has 0 saturated carbocycles. The maximum absolute atomic E-state index is 10.7. The average Bonchev–Trinajstić information content (AvgIpc) is 3.14. The lowest BCUT2D eigenvalue weighted by Gasteiger charge is -2.12. The Hall–Kier alpha value is -3.44. The van der Waals surface area contributed by atoms with Gasteiger partial charge in [-0.15, -0.1) is 0 Å². The van der Waals surface area contributed by atoms with E-state index in [-0.39, 0.29) is 5.75 Å². The summed E-state index contributed by atoms with van der Waals surface area (Å²) in [7, 11) is 1.64. The Kier molecular flexibility index (Phi) is 5.63. The fraction of sp³-hybridized carbons (Fsp3) is 0.125. The lowest BCUT2D eigenvalue weighted by Crippen LogP contribution is -1.96. The number of hydrogen-bond acceptors (Lipinski definition) is 4. The minimum Gasteiger partial charge on any atom is -0.507 e. The topological polar surface area (TPSA) is 67.4 Å². The van der Waals surface area contributed by atoms with E-state index in [4.69, 9.17) is 21.1 Å². The molecule has 3 aromatic carbocycles. The predicted molar refractivity (Wildman–Crippen MR) is 118 cm³/mol. The van der Waals surface area contributed by atoms with Crippen molar-refractivity contribution >= 4 is 11.6 Å². The number of aromatic amines is 1. The summed E-state index contributed by atoms with van der Waals surface area (Å²) in [6.45, 7) is 2.25. The number of methoxy groups -OCH3 is 1. The van der Waals surface area contributed by atoms with Crippen molar-refractivity contribution in [1.82, 2.24) is 10.2 Å². The van der Waals surface area contributed by atoms with Crippen molar-refractivity contribution in [1.29, 1.82) is 0 Å². The highest BCUT2D eigenvalue weighted by Gasteiger charge is 2.20. The summed E-state index contributed by atoms with van der Waals surface area (Å²) in [6.07, 6.45) is 0. The molecule has 2 N–H and O–H groups in total. The standard InChI is InChI=1S/C24H21ClN2O3/c1-15-23(19-8-4-6-10-22(19)29-2)24(27-26-15)18-12-11-17(13-21(18)28)30-14-16-7-3-5-9-20(16)25/h3-13,28H,14H2,1-2H3,(H,26,27). The third-order valence-corrected chi connectivity index (χ3v) is 5.27. The van der Waals surface area contributed by atoms with Gasteiger partial charge in [-0.2, -0.15) is 5.10 Å². The van der Waals surface area contributed by atoms with Gasteiger partial charge in [0, 0.05) is 39.0 Å². The summed E-state index contributed by atoms with van der Waals surface area (Å²) in [6, 6.07) is 20.4.